The summed E-state index contributed by atoms with van der Waals surface area (Å²) in [5.41, 5.74) is 9.10. The minimum Gasteiger partial charge on any atom is -0.496 e. The van der Waals surface area contributed by atoms with E-state index in [1.54, 1.807) is 14.2 Å². The summed E-state index contributed by atoms with van der Waals surface area (Å²) in [6.07, 6.45) is 6.97. The topological polar surface area (TPSA) is 106 Å². The number of fused-ring (bicyclic) bond motifs is 10. The molecular formula is C38H43N4O6+. The van der Waals surface area contributed by atoms with Gasteiger partial charge in [-0.15, -0.1) is 0 Å². The number of benzene rings is 2. The van der Waals surface area contributed by atoms with Gasteiger partial charge in [0, 0.05) is 59.6 Å². The summed E-state index contributed by atoms with van der Waals surface area (Å²) in [6, 6.07) is 16.6. The maximum absolute atomic E-state index is 11.6. The Kier molecular flexibility index (Phi) is 8.92. The van der Waals surface area contributed by atoms with Crippen LogP contribution in [0.4, 0.5) is 5.69 Å². The number of esters is 2. The number of nitrogens with one attached hydrogen (secondary N) is 1. The highest BCUT2D eigenvalue weighted by Crippen LogP contribution is 2.46. The van der Waals surface area contributed by atoms with E-state index in [2.05, 4.69) is 26.6 Å². The molecule has 10 nitrogen and oxygen atoms in total. The maximum atomic E-state index is 11.6. The fourth-order valence-corrected chi connectivity index (χ4v) is 8.06. The maximum Gasteiger partial charge on any atom is 0.309 e. The van der Waals surface area contributed by atoms with Crippen LogP contribution in [-0.2, 0) is 38.4 Å². The SMILES string of the molecule is COC(=O)C[C@H]1CCN2CCc3c([nH]c4cccc(OC)c34)[C@@H]2C1.COC(=O)Cc1cc[n+]2c(c1)C1=Nc3cccc(OC)c3C1CC2. The molecule has 48 heavy (non-hydrogen) atoms. The normalized spacial score (nSPS) is 20.5. The Morgan fingerprint density at radius 1 is 0.958 bits per heavy atom. The molecule has 250 valence electrons. The minimum absolute atomic E-state index is 0.0946. The Hall–Kier alpha value is -4.70. The molecule has 10 heteroatoms. The zero-order valence-electron chi connectivity index (χ0n) is 28.1. The second-order valence-corrected chi connectivity index (χ2v) is 13.0. The number of rotatable bonds is 6. The highest BCUT2D eigenvalue weighted by molar-refractivity contribution is 6.08. The number of pyridine rings is 1. The van der Waals surface area contributed by atoms with E-state index in [9.17, 15) is 9.59 Å². The molecule has 0 saturated carbocycles. The summed E-state index contributed by atoms with van der Waals surface area (Å²) in [6.45, 7) is 3.06. The molecule has 4 aliphatic heterocycles. The van der Waals surface area contributed by atoms with Crippen molar-refractivity contribution in [3.63, 3.8) is 0 Å². The van der Waals surface area contributed by atoms with Crippen LogP contribution in [0.1, 0.15) is 65.7 Å². The van der Waals surface area contributed by atoms with Crippen molar-refractivity contribution >= 4 is 34.2 Å². The zero-order valence-corrected chi connectivity index (χ0v) is 28.1. The number of methoxy groups -OCH3 is 4. The number of hydrogen-bond acceptors (Lipinski definition) is 8. The summed E-state index contributed by atoms with van der Waals surface area (Å²) >= 11 is 0. The first-order chi connectivity index (χ1) is 23.4. The van der Waals surface area contributed by atoms with Crippen molar-refractivity contribution in [2.45, 2.75) is 57.0 Å². The largest absolute Gasteiger partial charge is 0.496 e. The first-order valence-corrected chi connectivity index (χ1v) is 16.8. The zero-order chi connectivity index (χ0) is 33.4. The predicted molar refractivity (Wildman–Crippen MR) is 181 cm³/mol. The number of carbonyl (C=O) groups excluding carboxylic acids is 2. The molecule has 0 radical (unpaired) electrons. The third-order valence-corrected chi connectivity index (χ3v) is 10.4. The lowest BCUT2D eigenvalue weighted by Gasteiger charge is -2.42. The van der Waals surface area contributed by atoms with Gasteiger partial charge < -0.3 is 23.9 Å². The Balaban J connectivity index is 0.000000152. The molecule has 8 rings (SSSR count). The van der Waals surface area contributed by atoms with Crippen LogP contribution in [0, 0.1) is 5.92 Å². The average molecular weight is 652 g/mol. The van der Waals surface area contributed by atoms with Gasteiger partial charge in [-0.05, 0) is 67.1 Å². The van der Waals surface area contributed by atoms with Crippen molar-refractivity contribution in [1.82, 2.24) is 9.88 Å². The van der Waals surface area contributed by atoms with Gasteiger partial charge >= 0.3 is 11.9 Å². The van der Waals surface area contributed by atoms with Crippen molar-refractivity contribution in [2.75, 3.05) is 41.5 Å². The van der Waals surface area contributed by atoms with Gasteiger partial charge in [0.15, 0.2) is 6.20 Å². The number of aryl methyl sites for hydroxylation is 1. The van der Waals surface area contributed by atoms with E-state index in [1.165, 1.54) is 36.4 Å². The van der Waals surface area contributed by atoms with Gasteiger partial charge in [-0.25, -0.2) is 4.99 Å². The van der Waals surface area contributed by atoms with Crippen LogP contribution >= 0.6 is 0 Å². The second-order valence-electron chi connectivity index (χ2n) is 13.0. The number of hydrogen-bond donors (Lipinski definition) is 1. The van der Waals surface area contributed by atoms with Crippen LogP contribution in [0.5, 0.6) is 11.5 Å². The van der Waals surface area contributed by atoms with Crippen molar-refractivity contribution in [1.29, 1.82) is 0 Å². The smallest absolute Gasteiger partial charge is 0.309 e. The first kappa shape index (κ1) is 31.9. The lowest BCUT2D eigenvalue weighted by atomic mass is 9.83. The fourth-order valence-electron chi connectivity index (χ4n) is 8.06. The number of aliphatic imine (C=N–C) groups is 1. The van der Waals surface area contributed by atoms with E-state index < -0.39 is 0 Å². The molecule has 2 aromatic carbocycles. The number of piperidine rings is 1. The fraction of sp³-hybridized carbons (Fsp3) is 0.421. The van der Waals surface area contributed by atoms with Gasteiger partial charge in [-0.3, -0.25) is 14.5 Å². The summed E-state index contributed by atoms with van der Waals surface area (Å²) in [5.74, 6) is 2.17. The molecule has 3 atom stereocenters. The first-order valence-electron chi connectivity index (χ1n) is 16.8. The standard InChI is InChI=1S/C19H24N2O3.C19H19N2O3/c2*1-23-16-5-3-4-14-18(16)13-7-9-21-8-6-12(11-17(22)24-2)10-15(21)19(13)20-14/h3-5,12,15,20H,6-11H2,1-2H3;3-6,8,10,13H,7,9,11H2,1-2H3/q;+1/t12-,15-;/m0./s1. The van der Waals surface area contributed by atoms with Crippen molar-refractivity contribution < 1.29 is 33.1 Å². The molecule has 1 fully saturated rings. The third kappa shape index (κ3) is 5.83. The van der Waals surface area contributed by atoms with Gasteiger partial charge in [0.25, 0.3) is 0 Å². The van der Waals surface area contributed by atoms with Crippen LogP contribution in [-0.4, -0.2) is 69.1 Å². The van der Waals surface area contributed by atoms with E-state index in [1.807, 2.05) is 42.6 Å². The molecule has 0 spiro atoms. The predicted octanol–water partition coefficient (Wildman–Crippen LogP) is 5.37. The van der Waals surface area contributed by atoms with Gasteiger partial charge in [-0.2, -0.15) is 4.57 Å². The number of aromatic nitrogens is 2. The lowest BCUT2D eigenvalue weighted by Crippen LogP contribution is -2.46. The van der Waals surface area contributed by atoms with Gasteiger partial charge in [0.1, 0.15) is 23.8 Å². The summed E-state index contributed by atoms with van der Waals surface area (Å²) in [4.78, 5) is 34.3. The summed E-state index contributed by atoms with van der Waals surface area (Å²) in [5, 5.41) is 1.23. The monoisotopic (exact) mass is 651 g/mol. The minimum atomic E-state index is -0.231. The molecule has 1 N–H and O–H groups in total. The van der Waals surface area contributed by atoms with Crippen LogP contribution in [0.2, 0.25) is 0 Å². The molecule has 4 aromatic rings. The second kappa shape index (κ2) is 13.4. The Morgan fingerprint density at radius 3 is 2.54 bits per heavy atom. The van der Waals surface area contributed by atoms with E-state index >= 15 is 0 Å². The van der Waals surface area contributed by atoms with Crippen molar-refractivity contribution in [2.24, 2.45) is 10.9 Å². The quantitative estimate of drug-likeness (QED) is 0.221. The Bertz CT molecular complexity index is 1900. The van der Waals surface area contributed by atoms with Crippen molar-refractivity contribution in [3.8, 4) is 11.5 Å². The molecule has 0 bridgehead atoms. The Labute approximate surface area is 280 Å². The number of nitrogens with zero attached hydrogens (tertiary/aromatic N) is 3. The summed E-state index contributed by atoms with van der Waals surface area (Å²) < 4.78 is 23.0. The molecule has 1 unspecified atom stereocenters. The molecule has 0 aliphatic carbocycles. The van der Waals surface area contributed by atoms with E-state index in [0.29, 0.717) is 18.4 Å². The van der Waals surface area contributed by atoms with Crippen LogP contribution < -0.4 is 14.0 Å². The third-order valence-electron chi connectivity index (χ3n) is 10.4. The Morgan fingerprint density at radius 2 is 1.75 bits per heavy atom. The number of carbonyl (C=O) groups is 2. The number of aromatic amines is 1. The molecule has 6 heterocycles. The number of H-pyrrole nitrogens is 1. The number of ether oxygens (including phenoxy) is 4. The van der Waals surface area contributed by atoms with Crippen LogP contribution in [0.15, 0.2) is 59.7 Å². The highest BCUT2D eigenvalue weighted by Gasteiger charge is 2.40. The molecular weight excluding hydrogens is 608 g/mol. The molecule has 1 saturated heterocycles. The van der Waals surface area contributed by atoms with Crippen molar-refractivity contribution in [3.05, 3.63) is 82.8 Å². The van der Waals surface area contributed by atoms with Gasteiger partial charge in [0.05, 0.1) is 46.6 Å². The van der Waals surface area contributed by atoms with Crippen LogP contribution in [0.25, 0.3) is 10.9 Å². The molecule has 0 amide bonds. The molecule has 2 aromatic heterocycles. The van der Waals surface area contributed by atoms with Gasteiger partial charge in [0.2, 0.25) is 5.69 Å². The highest BCUT2D eigenvalue weighted by atomic mass is 16.5. The average Bonchev–Trinajstić information content (AvgIpc) is 3.71. The van der Waals surface area contributed by atoms with E-state index in [4.69, 9.17) is 23.9 Å². The lowest BCUT2D eigenvalue weighted by molar-refractivity contribution is -0.701. The summed E-state index contributed by atoms with van der Waals surface area (Å²) in [7, 11) is 6.32. The van der Waals surface area contributed by atoms with Gasteiger partial charge in [-0.1, -0.05) is 12.1 Å². The van der Waals surface area contributed by atoms with E-state index in [-0.39, 0.29) is 24.3 Å². The van der Waals surface area contributed by atoms with E-state index in [0.717, 1.165) is 85.0 Å². The van der Waals surface area contributed by atoms with Crippen LogP contribution in [0.3, 0.4) is 0 Å². The molecule has 4 aliphatic rings.